The summed E-state index contributed by atoms with van der Waals surface area (Å²) in [6.45, 7) is 4.54. The van der Waals surface area contributed by atoms with Crippen molar-refractivity contribution in [1.82, 2.24) is 14.4 Å². The molecule has 5 rings (SSSR count). The number of benzene rings is 1. The number of imide groups is 1. The zero-order valence-corrected chi connectivity index (χ0v) is 18.1. The van der Waals surface area contributed by atoms with Crippen LogP contribution in [-0.4, -0.2) is 39.2 Å². The lowest BCUT2D eigenvalue weighted by Gasteiger charge is -2.33. The second-order valence-corrected chi connectivity index (χ2v) is 8.14. The average Bonchev–Trinajstić information content (AvgIpc) is 3.46. The van der Waals surface area contributed by atoms with Gasteiger partial charge in [0.25, 0.3) is 5.91 Å². The summed E-state index contributed by atoms with van der Waals surface area (Å²) >= 11 is 6.28. The number of amidine groups is 1. The van der Waals surface area contributed by atoms with E-state index in [1.165, 1.54) is 9.80 Å². The summed E-state index contributed by atoms with van der Waals surface area (Å²) in [6, 6.07) is 9.83. The van der Waals surface area contributed by atoms with Gasteiger partial charge in [-0.15, -0.1) is 0 Å². The minimum atomic E-state index is -0.697. The zero-order chi connectivity index (χ0) is 21.9. The molecule has 1 saturated heterocycles. The molecule has 1 atom stereocenters. The second-order valence-electron chi connectivity index (χ2n) is 7.74. The standard InChI is InChI=1S/C22H21ClN5O3/c1-13-14(2)28-18-19(24-21(28)26(13)12-16-8-6-10-31-16)25(3)22(30)27(20(18)29)11-15-7-4-5-9-17(15)23/h4-10,18H,11-12H2,1-3H3/q+1. The van der Waals surface area contributed by atoms with Gasteiger partial charge in [-0.25, -0.2) is 13.9 Å². The van der Waals surface area contributed by atoms with E-state index in [1.54, 1.807) is 19.4 Å². The van der Waals surface area contributed by atoms with E-state index in [4.69, 9.17) is 21.0 Å². The van der Waals surface area contributed by atoms with Crippen molar-refractivity contribution < 1.29 is 18.6 Å². The quantitative estimate of drug-likeness (QED) is 0.586. The van der Waals surface area contributed by atoms with Crippen molar-refractivity contribution in [2.75, 3.05) is 7.05 Å². The van der Waals surface area contributed by atoms with Gasteiger partial charge in [0.05, 0.1) is 12.8 Å². The van der Waals surface area contributed by atoms with Crippen molar-refractivity contribution in [2.24, 2.45) is 4.99 Å². The van der Waals surface area contributed by atoms with E-state index in [9.17, 15) is 9.59 Å². The number of amides is 3. The number of aliphatic imine (C=N–C) groups is 1. The van der Waals surface area contributed by atoms with Crippen LogP contribution < -0.4 is 4.57 Å². The number of furan rings is 1. The Morgan fingerprint density at radius 3 is 2.65 bits per heavy atom. The minimum Gasteiger partial charge on any atom is -0.466 e. The Morgan fingerprint density at radius 1 is 1.16 bits per heavy atom. The SMILES string of the molecule is Cc1c(C)[n+](Cc2ccco2)c2n1C1C(=O)N(Cc3ccccc3Cl)C(=O)N(C)C1=N2. The van der Waals surface area contributed by atoms with Crippen molar-refractivity contribution >= 4 is 35.3 Å². The number of urea groups is 1. The monoisotopic (exact) mass is 438 g/mol. The van der Waals surface area contributed by atoms with E-state index in [-0.39, 0.29) is 12.5 Å². The molecule has 0 N–H and O–H groups in total. The van der Waals surface area contributed by atoms with Gasteiger partial charge in [-0.3, -0.25) is 14.6 Å². The Balaban J connectivity index is 1.56. The molecule has 0 aliphatic carbocycles. The molecule has 1 unspecified atom stereocenters. The number of imidazole rings is 1. The third-order valence-corrected chi connectivity index (χ3v) is 6.37. The molecule has 0 spiro atoms. The summed E-state index contributed by atoms with van der Waals surface area (Å²) in [7, 11) is 1.64. The summed E-state index contributed by atoms with van der Waals surface area (Å²) in [5.41, 5.74) is 2.62. The first-order valence-corrected chi connectivity index (χ1v) is 10.3. The molecule has 2 aliphatic rings. The molecule has 3 amide bonds. The minimum absolute atomic E-state index is 0.104. The summed E-state index contributed by atoms with van der Waals surface area (Å²) < 4.78 is 9.41. The predicted molar refractivity (Wildman–Crippen MR) is 113 cm³/mol. The fourth-order valence-corrected chi connectivity index (χ4v) is 4.39. The third-order valence-electron chi connectivity index (χ3n) is 6.01. The smallest absolute Gasteiger partial charge is 0.402 e. The highest BCUT2D eigenvalue weighted by molar-refractivity contribution is 6.31. The van der Waals surface area contributed by atoms with Gasteiger partial charge in [-0.1, -0.05) is 34.8 Å². The van der Waals surface area contributed by atoms with Crippen molar-refractivity contribution in [1.29, 1.82) is 0 Å². The van der Waals surface area contributed by atoms with E-state index >= 15 is 0 Å². The Bertz CT molecular complexity index is 1240. The van der Waals surface area contributed by atoms with Crippen LogP contribution in [0.4, 0.5) is 10.7 Å². The highest BCUT2D eigenvalue weighted by Crippen LogP contribution is 2.36. The van der Waals surface area contributed by atoms with E-state index in [0.717, 1.165) is 17.1 Å². The fourth-order valence-electron chi connectivity index (χ4n) is 4.19. The van der Waals surface area contributed by atoms with E-state index in [2.05, 4.69) is 0 Å². The molecule has 4 heterocycles. The van der Waals surface area contributed by atoms with Crippen LogP contribution in [0.2, 0.25) is 5.02 Å². The molecule has 9 heteroatoms. The number of carbonyl (C=O) groups is 2. The first-order valence-electron chi connectivity index (χ1n) is 9.93. The Kier molecular flexibility index (Phi) is 4.48. The number of carbonyl (C=O) groups excluding carboxylic acids is 2. The Labute approximate surface area is 184 Å². The van der Waals surface area contributed by atoms with Gasteiger partial charge < -0.3 is 4.42 Å². The molecular formula is C22H21ClN5O3+. The van der Waals surface area contributed by atoms with Crippen LogP contribution in [0.5, 0.6) is 0 Å². The maximum atomic E-state index is 13.5. The lowest BCUT2D eigenvalue weighted by molar-refractivity contribution is -0.682. The maximum Gasteiger partial charge on any atom is 0.402 e. The van der Waals surface area contributed by atoms with Gasteiger partial charge >= 0.3 is 12.0 Å². The van der Waals surface area contributed by atoms with Crippen LogP contribution in [0.1, 0.15) is 28.8 Å². The van der Waals surface area contributed by atoms with Gasteiger partial charge in [-0.05, 0) is 37.6 Å². The van der Waals surface area contributed by atoms with E-state index in [1.807, 2.05) is 53.3 Å². The summed E-state index contributed by atoms with van der Waals surface area (Å²) in [6.07, 6.45) is 1.63. The topological polar surface area (TPSA) is 74.9 Å². The largest absolute Gasteiger partial charge is 0.466 e. The summed E-state index contributed by atoms with van der Waals surface area (Å²) in [5.74, 6) is 1.52. The number of hydrogen-bond donors (Lipinski definition) is 0. The molecule has 0 radical (unpaired) electrons. The molecular weight excluding hydrogens is 418 g/mol. The lowest BCUT2D eigenvalue weighted by atomic mass is 10.1. The number of likely N-dealkylation sites (N-methyl/N-ethyl adjacent to an activating group) is 1. The van der Waals surface area contributed by atoms with Gasteiger partial charge in [0.1, 0.15) is 23.7 Å². The predicted octanol–water partition coefficient (Wildman–Crippen LogP) is 3.37. The van der Waals surface area contributed by atoms with Crippen LogP contribution in [0.25, 0.3) is 0 Å². The van der Waals surface area contributed by atoms with E-state index in [0.29, 0.717) is 28.9 Å². The molecule has 2 aromatic heterocycles. The summed E-state index contributed by atoms with van der Waals surface area (Å²) in [4.78, 5) is 34.0. The number of rotatable bonds is 4. The second kappa shape index (κ2) is 7.09. The molecule has 158 valence electrons. The van der Waals surface area contributed by atoms with Gasteiger partial charge in [0.15, 0.2) is 0 Å². The van der Waals surface area contributed by atoms with Crippen molar-refractivity contribution in [2.45, 2.75) is 33.0 Å². The highest BCUT2D eigenvalue weighted by atomic mass is 35.5. The van der Waals surface area contributed by atoms with Crippen molar-refractivity contribution in [3.8, 4) is 0 Å². The van der Waals surface area contributed by atoms with Crippen LogP contribution in [0.15, 0.2) is 52.1 Å². The van der Waals surface area contributed by atoms with Gasteiger partial charge in [-0.2, -0.15) is 0 Å². The number of halogens is 1. The number of hydrogen-bond acceptors (Lipinski definition) is 4. The normalized spacial score (nSPS) is 17.8. The molecule has 1 aromatic carbocycles. The number of nitrogens with zero attached hydrogens (tertiary/aromatic N) is 5. The van der Waals surface area contributed by atoms with Crippen LogP contribution in [-0.2, 0) is 17.9 Å². The molecule has 2 aliphatic heterocycles. The number of fused-ring (bicyclic) bond motifs is 3. The maximum absolute atomic E-state index is 13.5. The zero-order valence-electron chi connectivity index (χ0n) is 17.4. The Morgan fingerprint density at radius 2 is 1.94 bits per heavy atom. The molecule has 8 nitrogen and oxygen atoms in total. The molecule has 0 saturated carbocycles. The fraction of sp³-hybridized carbons (Fsp3) is 0.273. The first kappa shape index (κ1) is 19.6. The third kappa shape index (κ3) is 2.90. The molecule has 1 fully saturated rings. The molecule has 31 heavy (non-hydrogen) atoms. The summed E-state index contributed by atoms with van der Waals surface area (Å²) in [5, 5.41) is 0.515. The highest BCUT2D eigenvalue weighted by Gasteiger charge is 2.54. The van der Waals surface area contributed by atoms with Crippen LogP contribution in [0, 0.1) is 13.8 Å². The average molecular weight is 439 g/mol. The lowest BCUT2D eigenvalue weighted by Crippen LogP contribution is -2.57. The first-order chi connectivity index (χ1) is 14.9. The van der Waals surface area contributed by atoms with Crippen LogP contribution in [0.3, 0.4) is 0 Å². The van der Waals surface area contributed by atoms with Crippen LogP contribution >= 0.6 is 11.6 Å². The van der Waals surface area contributed by atoms with Gasteiger partial charge in [0.2, 0.25) is 11.9 Å². The molecule has 3 aromatic rings. The van der Waals surface area contributed by atoms with Crippen molar-refractivity contribution in [3.05, 3.63) is 70.4 Å². The molecule has 0 bridgehead atoms. The number of aromatic nitrogens is 2. The van der Waals surface area contributed by atoms with Crippen molar-refractivity contribution in [3.63, 3.8) is 0 Å². The van der Waals surface area contributed by atoms with Gasteiger partial charge in [0, 0.05) is 12.1 Å². The van der Waals surface area contributed by atoms with E-state index < -0.39 is 12.1 Å². The Hall–Kier alpha value is -3.39.